The topological polar surface area (TPSA) is 57.9 Å². The smallest absolute Gasteiger partial charge is 0.108 e. The predicted octanol–water partition coefficient (Wildman–Crippen LogP) is 2.42. The van der Waals surface area contributed by atoms with Crippen molar-refractivity contribution in [3.63, 3.8) is 0 Å². The maximum absolute atomic E-state index is 5.76. The Morgan fingerprint density at radius 2 is 2.11 bits per heavy atom. The first-order valence-corrected chi connectivity index (χ1v) is 6.69. The lowest BCUT2D eigenvalue weighted by Gasteiger charge is -2.18. The minimum atomic E-state index is 0.777. The lowest BCUT2D eigenvalue weighted by atomic mass is 10.3. The Kier molecular flexibility index (Phi) is 4.20. The number of nitrogens with one attached hydrogen (secondary N) is 1. The molecule has 0 saturated carbocycles. The van der Waals surface area contributed by atoms with E-state index in [0.29, 0.717) is 0 Å². The van der Waals surface area contributed by atoms with Crippen molar-refractivity contribution in [1.82, 2.24) is 14.9 Å². The Morgan fingerprint density at radius 1 is 1.28 bits per heavy atom. The van der Waals surface area contributed by atoms with E-state index in [1.54, 1.807) is 0 Å². The second kappa shape index (κ2) is 5.87. The number of imidazole rings is 1. The van der Waals surface area contributed by atoms with Crippen LogP contribution in [0.25, 0.3) is 11.0 Å². The zero-order valence-corrected chi connectivity index (χ0v) is 11.2. The number of likely N-dealkylation sites (N-methyl/N-ethyl adjacent to an activating group) is 1. The van der Waals surface area contributed by atoms with E-state index in [1.807, 2.05) is 18.2 Å². The summed E-state index contributed by atoms with van der Waals surface area (Å²) in [5, 5.41) is 0. The maximum Gasteiger partial charge on any atom is 0.108 e. The van der Waals surface area contributed by atoms with Crippen molar-refractivity contribution in [1.29, 1.82) is 0 Å². The lowest BCUT2D eigenvalue weighted by molar-refractivity contribution is 0.291. The van der Waals surface area contributed by atoms with Gasteiger partial charge in [0, 0.05) is 18.7 Å². The summed E-state index contributed by atoms with van der Waals surface area (Å²) >= 11 is 0. The second-order valence-corrected chi connectivity index (χ2v) is 4.64. The number of aromatic nitrogens is 2. The van der Waals surface area contributed by atoms with Gasteiger partial charge in [0.05, 0.1) is 11.0 Å². The van der Waals surface area contributed by atoms with Gasteiger partial charge in [0.25, 0.3) is 0 Å². The van der Waals surface area contributed by atoms with Crippen molar-refractivity contribution in [2.45, 2.75) is 26.7 Å². The molecule has 98 valence electrons. The summed E-state index contributed by atoms with van der Waals surface area (Å²) in [6.07, 6.45) is 2.16. The molecule has 0 aliphatic carbocycles. The van der Waals surface area contributed by atoms with Gasteiger partial charge in [0.2, 0.25) is 0 Å². The van der Waals surface area contributed by atoms with Crippen LogP contribution in [0, 0.1) is 0 Å². The van der Waals surface area contributed by atoms with Crippen LogP contribution in [-0.2, 0) is 6.42 Å². The van der Waals surface area contributed by atoms with Gasteiger partial charge in [0.1, 0.15) is 5.82 Å². The van der Waals surface area contributed by atoms with Crippen molar-refractivity contribution in [2.24, 2.45) is 0 Å². The van der Waals surface area contributed by atoms with Crippen molar-refractivity contribution >= 4 is 16.7 Å². The van der Waals surface area contributed by atoms with Crippen LogP contribution >= 0.6 is 0 Å². The number of nitrogens with two attached hydrogens (primary N) is 1. The van der Waals surface area contributed by atoms with Gasteiger partial charge in [0.15, 0.2) is 0 Å². The highest BCUT2D eigenvalue weighted by Gasteiger charge is 2.05. The van der Waals surface area contributed by atoms with E-state index >= 15 is 0 Å². The fourth-order valence-corrected chi connectivity index (χ4v) is 2.21. The molecule has 0 spiro atoms. The van der Waals surface area contributed by atoms with Gasteiger partial charge in [-0.2, -0.15) is 0 Å². The molecule has 4 nitrogen and oxygen atoms in total. The summed E-state index contributed by atoms with van der Waals surface area (Å²) in [7, 11) is 0. The fraction of sp³-hybridized carbons (Fsp3) is 0.500. The SMILES string of the molecule is CCCN(CC)CCc1nc2ccc(N)cc2[nH]1. The second-order valence-electron chi connectivity index (χ2n) is 4.64. The van der Waals surface area contributed by atoms with Gasteiger partial charge >= 0.3 is 0 Å². The van der Waals surface area contributed by atoms with Gasteiger partial charge in [-0.1, -0.05) is 13.8 Å². The molecule has 0 saturated heterocycles. The number of aromatic amines is 1. The first-order chi connectivity index (χ1) is 8.72. The van der Waals surface area contributed by atoms with Gasteiger partial charge in [-0.15, -0.1) is 0 Å². The number of hydrogen-bond donors (Lipinski definition) is 2. The Bertz CT molecular complexity index is 503. The summed E-state index contributed by atoms with van der Waals surface area (Å²) in [4.78, 5) is 10.4. The third-order valence-electron chi connectivity index (χ3n) is 3.21. The average Bonchev–Trinajstić information content (AvgIpc) is 2.76. The highest BCUT2D eigenvalue weighted by molar-refractivity contribution is 5.78. The van der Waals surface area contributed by atoms with Crippen LogP contribution in [0.4, 0.5) is 5.69 Å². The van der Waals surface area contributed by atoms with E-state index < -0.39 is 0 Å². The van der Waals surface area contributed by atoms with E-state index in [1.165, 1.54) is 6.42 Å². The molecule has 0 aliphatic heterocycles. The van der Waals surface area contributed by atoms with E-state index in [0.717, 1.165) is 48.6 Å². The minimum absolute atomic E-state index is 0.777. The Hall–Kier alpha value is -1.55. The highest BCUT2D eigenvalue weighted by atomic mass is 15.1. The van der Waals surface area contributed by atoms with Crippen LogP contribution in [0.2, 0.25) is 0 Å². The summed E-state index contributed by atoms with van der Waals surface area (Å²) in [5.41, 5.74) is 8.57. The van der Waals surface area contributed by atoms with E-state index in [4.69, 9.17) is 5.73 Å². The van der Waals surface area contributed by atoms with Crippen molar-refractivity contribution < 1.29 is 0 Å². The first-order valence-electron chi connectivity index (χ1n) is 6.69. The molecule has 3 N–H and O–H groups in total. The van der Waals surface area contributed by atoms with Gasteiger partial charge in [-0.3, -0.25) is 0 Å². The number of fused-ring (bicyclic) bond motifs is 1. The highest BCUT2D eigenvalue weighted by Crippen LogP contribution is 2.15. The molecule has 0 fully saturated rings. The molecule has 0 bridgehead atoms. The predicted molar refractivity (Wildman–Crippen MR) is 76.6 cm³/mol. The number of anilines is 1. The normalized spacial score (nSPS) is 11.5. The first kappa shape index (κ1) is 12.9. The monoisotopic (exact) mass is 246 g/mol. The van der Waals surface area contributed by atoms with Gasteiger partial charge in [-0.25, -0.2) is 4.98 Å². The van der Waals surface area contributed by atoms with E-state index in [2.05, 4.69) is 28.7 Å². The lowest BCUT2D eigenvalue weighted by Crippen LogP contribution is -2.26. The number of H-pyrrole nitrogens is 1. The molecule has 2 aromatic rings. The zero-order valence-electron chi connectivity index (χ0n) is 11.2. The van der Waals surface area contributed by atoms with Crippen molar-refractivity contribution in [2.75, 3.05) is 25.4 Å². The number of rotatable bonds is 6. The maximum atomic E-state index is 5.76. The summed E-state index contributed by atoms with van der Waals surface area (Å²) in [6, 6.07) is 5.80. The van der Waals surface area contributed by atoms with Crippen molar-refractivity contribution in [3.05, 3.63) is 24.0 Å². The standard InChI is InChI=1S/C14H22N4/c1-3-8-18(4-2)9-7-14-16-12-6-5-11(15)10-13(12)17-14/h5-6,10H,3-4,7-9,15H2,1-2H3,(H,16,17). The third kappa shape index (κ3) is 3.01. The molecule has 1 aromatic heterocycles. The molecule has 0 atom stereocenters. The average molecular weight is 246 g/mol. The van der Waals surface area contributed by atoms with Crippen LogP contribution in [0.1, 0.15) is 26.1 Å². The Morgan fingerprint density at radius 3 is 2.83 bits per heavy atom. The van der Waals surface area contributed by atoms with Crippen molar-refractivity contribution in [3.8, 4) is 0 Å². The molecule has 0 amide bonds. The van der Waals surface area contributed by atoms with E-state index in [-0.39, 0.29) is 0 Å². The molecule has 1 aromatic carbocycles. The molecule has 0 radical (unpaired) electrons. The van der Waals surface area contributed by atoms with Crippen LogP contribution < -0.4 is 5.73 Å². The van der Waals surface area contributed by atoms with Gasteiger partial charge < -0.3 is 15.6 Å². The molecule has 2 rings (SSSR count). The fourth-order valence-electron chi connectivity index (χ4n) is 2.21. The Labute approximate surface area is 108 Å². The molecule has 18 heavy (non-hydrogen) atoms. The number of hydrogen-bond acceptors (Lipinski definition) is 3. The molecular formula is C14H22N4. The summed E-state index contributed by atoms with van der Waals surface area (Å²) in [6.45, 7) is 7.73. The molecule has 0 aliphatic rings. The van der Waals surface area contributed by atoms with Crippen LogP contribution in [0.3, 0.4) is 0 Å². The quantitative estimate of drug-likeness (QED) is 0.770. The molecule has 4 heteroatoms. The van der Waals surface area contributed by atoms with Crippen LogP contribution in [0.5, 0.6) is 0 Å². The molecule has 1 heterocycles. The summed E-state index contributed by atoms with van der Waals surface area (Å²) in [5.74, 6) is 1.05. The van der Waals surface area contributed by atoms with Crippen LogP contribution in [-0.4, -0.2) is 34.5 Å². The van der Waals surface area contributed by atoms with E-state index in [9.17, 15) is 0 Å². The minimum Gasteiger partial charge on any atom is -0.399 e. The largest absolute Gasteiger partial charge is 0.399 e. The molecule has 0 unspecified atom stereocenters. The summed E-state index contributed by atoms with van der Waals surface area (Å²) < 4.78 is 0. The third-order valence-corrected chi connectivity index (χ3v) is 3.21. The zero-order chi connectivity index (χ0) is 13.0. The molecular weight excluding hydrogens is 224 g/mol. The van der Waals surface area contributed by atoms with Crippen LogP contribution in [0.15, 0.2) is 18.2 Å². The number of nitrogens with zero attached hydrogens (tertiary/aromatic N) is 2. The number of benzene rings is 1. The van der Waals surface area contributed by atoms with Gasteiger partial charge in [-0.05, 0) is 37.7 Å². The Balaban J connectivity index is 2.03. The number of nitrogen functional groups attached to an aromatic ring is 1.